The number of hydrogen-bond acceptors (Lipinski definition) is 5. The predicted octanol–water partition coefficient (Wildman–Crippen LogP) is 5.36. The van der Waals surface area contributed by atoms with Gasteiger partial charge in [0.1, 0.15) is 11.5 Å². The third-order valence-electron chi connectivity index (χ3n) is 6.02. The van der Waals surface area contributed by atoms with Crippen molar-refractivity contribution in [1.29, 1.82) is 0 Å². The van der Waals surface area contributed by atoms with Gasteiger partial charge in [0.25, 0.3) is 11.7 Å². The monoisotopic (exact) mass is 470 g/mol. The second kappa shape index (κ2) is 10.1. The fraction of sp³-hybridized carbons (Fsp3) is 0.276. The molecule has 0 aliphatic carbocycles. The normalized spacial score (nSPS) is 17.3. The van der Waals surface area contributed by atoms with Gasteiger partial charge in [-0.1, -0.05) is 49.7 Å². The van der Waals surface area contributed by atoms with E-state index in [1.54, 1.807) is 18.5 Å². The zero-order valence-electron chi connectivity index (χ0n) is 20.5. The molecule has 4 rings (SSSR count). The highest BCUT2D eigenvalue weighted by Crippen LogP contribution is 2.41. The van der Waals surface area contributed by atoms with E-state index in [2.05, 4.69) is 18.8 Å². The third kappa shape index (κ3) is 5.11. The Bertz CT molecular complexity index is 1280. The summed E-state index contributed by atoms with van der Waals surface area (Å²) in [5.41, 5.74) is 3.87. The SMILES string of the molecule is Cc1ccc(C)c(/C(O)=C2\C(=O)C(=O)N(Cc3cccnc3)C2c2cccc(OCC(C)C)c2)c1. The van der Waals surface area contributed by atoms with E-state index in [4.69, 9.17) is 4.74 Å². The number of benzene rings is 2. The largest absolute Gasteiger partial charge is 0.507 e. The molecule has 0 saturated carbocycles. The van der Waals surface area contributed by atoms with Crippen molar-refractivity contribution in [3.05, 3.63) is 100 Å². The first-order chi connectivity index (χ1) is 16.8. The first-order valence-corrected chi connectivity index (χ1v) is 11.7. The first-order valence-electron chi connectivity index (χ1n) is 11.7. The van der Waals surface area contributed by atoms with Gasteiger partial charge in [0, 0.05) is 24.5 Å². The molecule has 0 radical (unpaired) electrons. The van der Waals surface area contributed by atoms with Gasteiger partial charge >= 0.3 is 0 Å². The van der Waals surface area contributed by atoms with Crippen LogP contribution in [0, 0.1) is 19.8 Å². The lowest BCUT2D eigenvalue weighted by molar-refractivity contribution is -0.140. The van der Waals surface area contributed by atoms with Gasteiger partial charge in [0.15, 0.2) is 0 Å². The topological polar surface area (TPSA) is 79.7 Å². The molecular weight excluding hydrogens is 440 g/mol. The molecule has 2 aromatic carbocycles. The van der Waals surface area contributed by atoms with Crippen molar-refractivity contribution in [3.8, 4) is 5.75 Å². The molecule has 1 N–H and O–H groups in total. The average Bonchev–Trinajstić information content (AvgIpc) is 3.09. The lowest BCUT2D eigenvalue weighted by atomic mass is 9.93. The summed E-state index contributed by atoms with van der Waals surface area (Å²) >= 11 is 0. The van der Waals surface area contributed by atoms with Gasteiger partial charge < -0.3 is 14.7 Å². The fourth-order valence-corrected chi connectivity index (χ4v) is 4.25. The van der Waals surface area contributed by atoms with Crippen LogP contribution in [0.15, 0.2) is 72.6 Å². The Morgan fingerprint density at radius 1 is 1.09 bits per heavy atom. The number of likely N-dealkylation sites (tertiary alicyclic amines) is 1. The van der Waals surface area contributed by atoms with Gasteiger partial charge in [-0.05, 0) is 60.7 Å². The maximum atomic E-state index is 13.3. The van der Waals surface area contributed by atoms with Crippen molar-refractivity contribution >= 4 is 17.4 Å². The van der Waals surface area contributed by atoms with Crippen molar-refractivity contribution in [2.75, 3.05) is 6.61 Å². The summed E-state index contributed by atoms with van der Waals surface area (Å²) in [7, 11) is 0. The number of ether oxygens (including phenoxy) is 1. The van der Waals surface area contributed by atoms with Gasteiger partial charge in [-0.3, -0.25) is 14.6 Å². The summed E-state index contributed by atoms with van der Waals surface area (Å²) in [5, 5.41) is 11.4. The molecule has 1 aliphatic rings. The van der Waals surface area contributed by atoms with Gasteiger partial charge in [-0.25, -0.2) is 0 Å². The summed E-state index contributed by atoms with van der Waals surface area (Å²) in [6.07, 6.45) is 3.33. The van der Waals surface area contributed by atoms with E-state index in [9.17, 15) is 14.7 Å². The lowest BCUT2D eigenvalue weighted by Crippen LogP contribution is -2.29. The minimum atomic E-state index is -0.766. The number of Topliss-reactive ketones (excluding diaryl/α,β-unsaturated/α-hetero) is 1. The molecule has 0 bridgehead atoms. The van der Waals surface area contributed by atoms with Crippen molar-refractivity contribution in [3.63, 3.8) is 0 Å². The molecule has 1 aromatic heterocycles. The minimum absolute atomic E-state index is 0.0774. The van der Waals surface area contributed by atoms with Crippen LogP contribution in [-0.2, 0) is 16.1 Å². The minimum Gasteiger partial charge on any atom is -0.507 e. The molecule has 2 heterocycles. The number of aliphatic hydroxyl groups excluding tert-OH is 1. The van der Waals surface area contributed by atoms with E-state index in [1.807, 2.05) is 62.4 Å². The number of pyridine rings is 1. The van der Waals surface area contributed by atoms with Crippen LogP contribution in [0.3, 0.4) is 0 Å². The Labute approximate surface area is 205 Å². The Hall–Kier alpha value is -3.93. The Balaban J connectivity index is 1.86. The number of nitrogens with zero attached hydrogens (tertiary/aromatic N) is 2. The van der Waals surface area contributed by atoms with Crippen molar-refractivity contribution < 1.29 is 19.4 Å². The molecule has 1 unspecified atom stereocenters. The van der Waals surface area contributed by atoms with E-state index in [-0.39, 0.29) is 17.9 Å². The highest BCUT2D eigenvalue weighted by molar-refractivity contribution is 6.46. The fourth-order valence-electron chi connectivity index (χ4n) is 4.25. The van der Waals surface area contributed by atoms with Crippen LogP contribution in [0.4, 0.5) is 0 Å². The summed E-state index contributed by atoms with van der Waals surface area (Å²) in [4.78, 5) is 32.3. The van der Waals surface area contributed by atoms with Crippen LogP contribution in [0.1, 0.15) is 47.7 Å². The summed E-state index contributed by atoms with van der Waals surface area (Å²) in [6, 6.07) is 15.9. The molecule has 1 fully saturated rings. The zero-order valence-corrected chi connectivity index (χ0v) is 20.5. The Morgan fingerprint density at radius 3 is 2.60 bits per heavy atom. The van der Waals surface area contributed by atoms with E-state index >= 15 is 0 Å². The first kappa shape index (κ1) is 24.2. The molecule has 3 aromatic rings. The smallest absolute Gasteiger partial charge is 0.295 e. The number of carbonyl (C=O) groups excluding carboxylic acids is 2. The standard InChI is InChI=1S/C29H30N2O4/c1-18(2)17-35-23-9-5-8-22(14-23)26-25(27(32)24-13-19(3)10-11-20(24)4)28(33)29(34)31(26)16-21-7-6-12-30-15-21/h5-15,18,26,32H,16-17H2,1-4H3/b27-25+. The highest BCUT2D eigenvalue weighted by atomic mass is 16.5. The number of carbonyl (C=O) groups is 2. The van der Waals surface area contributed by atoms with Crippen molar-refractivity contribution in [2.24, 2.45) is 5.92 Å². The second-order valence-corrected chi connectivity index (χ2v) is 9.38. The van der Waals surface area contributed by atoms with E-state index in [0.717, 1.165) is 16.7 Å². The summed E-state index contributed by atoms with van der Waals surface area (Å²) in [6.45, 7) is 8.65. The van der Waals surface area contributed by atoms with Crippen molar-refractivity contribution in [2.45, 2.75) is 40.3 Å². The van der Waals surface area contributed by atoms with Crippen LogP contribution in [-0.4, -0.2) is 33.3 Å². The number of hydrogen-bond donors (Lipinski definition) is 1. The molecule has 1 saturated heterocycles. The number of aliphatic hydroxyl groups is 1. The van der Waals surface area contributed by atoms with Crippen molar-refractivity contribution in [1.82, 2.24) is 9.88 Å². The van der Waals surface area contributed by atoms with Crippen LogP contribution in [0.2, 0.25) is 0 Å². The number of ketones is 1. The van der Waals surface area contributed by atoms with Crippen LogP contribution < -0.4 is 4.74 Å². The molecule has 6 nitrogen and oxygen atoms in total. The summed E-state index contributed by atoms with van der Waals surface area (Å²) in [5.74, 6) is -0.532. The average molecular weight is 471 g/mol. The quantitative estimate of drug-likeness (QED) is 0.286. The molecule has 6 heteroatoms. The van der Waals surface area contributed by atoms with Gasteiger partial charge in [-0.2, -0.15) is 0 Å². The third-order valence-corrected chi connectivity index (χ3v) is 6.02. The maximum Gasteiger partial charge on any atom is 0.295 e. The van der Waals surface area contributed by atoms with Gasteiger partial charge in [0.2, 0.25) is 0 Å². The van der Waals surface area contributed by atoms with Gasteiger partial charge in [-0.15, -0.1) is 0 Å². The Morgan fingerprint density at radius 2 is 1.89 bits per heavy atom. The number of amides is 1. The Kier molecular flexibility index (Phi) is 7.01. The number of rotatable bonds is 7. The molecule has 1 atom stereocenters. The second-order valence-electron chi connectivity index (χ2n) is 9.38. The molecule has 1 aliphatic heterocycles. The zero-order chi connectivity index (χ0) is 25.1. The van der Waals surface area contributed by atoms with Gasteiger partial charge in [0.05, 0.1) is 18.2 Å². The molecule has 180 valence electrons. The van der Waals surface area contributed by atoms with Crippen LogP contribution >= 0.6 is 0 Å². The predicted molar refractivity (Wildman–Crippen MR) is 135 cm³/mol. The van der Waals surface area contributed by atoms with E-state index in [0.29, 0.717) is 29.4 Å². The van der Waals surface area contributed by atoms with E-state index in [1.165, 1.54) is 4.90 Å². The van der Waals surface area contributed by atoms with E-state index < -0.39 is 17.7 Å². The maximum absolute atomic E-state index is 13.3. The number of aryl methyl sites for hydroxylation is 2. The molecular formula is C29H30N2O4. The van der Waals surface area contributed by atoms with Crippen LogP contribution in [0.25, 0.3) is 5.76 Å². The summed E-state index contributed by atoms with van der Waals surface area (Å²) < 4.78 is 5.91. The molecule has 35 heavy (non-hydrogen) atoms. The van der Waals surface area contributed by atoms with Crippen LogP contribution in [0.5, 0.6) is 5.75 Å². The lowest BCUT2D eigenvalue weighted by Gasteiger charge is -2.26. The molecule has 1 amide bonds. The number of aromatic nitrogens is 1. The molecule has 0 spiro atoms. The highest BCUT2D eigenvalue weighted by Gasteiger charge is 2.46.